The van der Waals surface area contributed by atoms with Gasteiger partial charge in [-0.05, 0) is 50.0 Å². The lowest BCUT2D eigenvalue weighted by Gasteiger charge is -2.34. The Hall–Kier alpha value is -0.820. The molecule has 2 rings (SSSR count). The summed E-state index contributed by atoms with van der Waals surface area (Å²) >= 11 is 0. The van der Waals surface area contributed by atoms with Crippen LogP contribution in [0, 0.1) is 5.92 Å². The topological polar surface area (TPSA) is 20.2 Å². The third-order valence-corrected chi connectivity index (χ3v) is 4.90. The Morgan fingerprint density at radius 3 is 2.68 bits per heavy atom. The van der Waals surface area contributed by atoms with Crippen molar-refractivity contribution in [3.8, 4) is 0 Å². The first-order chi connectivity index (χ1) is 9.24. The van der Waals surface area contributed by atoms with E-state index in [9.17, 15) is 5.11 Å². The maximum absolute atomic E-state index is 10.8. The molecular formula is C18H28O. The van der Waals surface area contributed by atoms with Crippen molar-refractivity contribution in [2.75, 3.05) is 0 Å². The van der Waals surface area contributed by atoms with Crippen molar-refractivity contribution in [3.63, 3.8) is 0 Å². The number of rotatable bonds is 5. The highest BCUT2D eigenvalue weighted by Gasteiger charge is 2.35. The quantitative estimate of drug-likeness (QED) is 0.759. The molecule has 1 aliphatic carbocycles. The van der Waals surface area contributed by atoms with E-state index in [1.807, 2.05) is 0 Å². The second-order valence-corrected chi connectivity index (χ2v) is 6.13. The average Bonchev–Trinajstić information content (AvgIpc) is 2.63. The van der Waals surface area contributed by atoms with Gasteiger partial charge in [0.2, 0.25) is 0 Å². The van der Waals surface area contributed by atoms with Crippen LogP contribution in [0.4, 0.5) is 0 Å². The zero-order valence-electron chi connectivity index (χ0n) is 12.3. The van der Waals surface area contributed by atoms with Gasteiger partial charge in [-0.1, -0.05) is 56.5 Å². The second-order valence-electron chi connectivity index (χ2n) is 6.13. The van der Waals surface area contributed by atoms with Gasteiger partial charge in [-0.25, -0.2) is 0 Å². The van der Waals surface area contributed by atoms with Crippen molar-refractivity contribution in [2.45, 2.75) is 70.3 Å². The summed E-state index contributed by atoms with van der Waals surface area (Å²) in [4.78, 5) is 0. The van der Waals surface area contributed by atoms with E-state index in [1.165, 1.54) is 44.1 Å². The Morgan fingerprint density at radius 1 is 1.16 bits per heavy atom. The third-order valence-electron chi connectivity index (χ3n) is 4.90. The lowest BCUT2D eigenvalue weighted by molar-refractivity contribution is -0.0319. The molecule has 0 heterocycles. The Kier molecular flexibility index (Phi) is 5.45. The third kappa shape index (κ3) is 4.07. The van der Waals surface area contributed by atoms with Gasteiger partial charge < -0.3 is 5.11 Å². The van der Waals surface area contributed by atoms with E-state index in [0.29, 0.717) is 5.92 Å². The van der Waals surface area contributed by atoms with E-state index in [2.05, 4.69) is 37.3 Å². The Morgan fingerprint density at radius 2 is 1.95 bits per heavy atom. The summed E-state index contributed by atoms with van der Waals surface area (Å²) < 4.78 is 0. The summed E-state index contributed by atoms with van der Waals surface area (Å²) in [5, 5.41) is 10.8. The van der Waals surface area contributed by atoms with Crippen LogP contribution in [0.5, 0.6) is 0 Å². The largest absolute Gasteiger partial charge is 0.390 e. The van der Waals surface area contributed by atoms with E-state index in [-0.39, 0.29) is 5.60 Å². The fraction of sp³-hybridized carbons (Fsp3) is 0.667. The fourth-order valence-corrected chi connectivity index (χ4v) is 3.55. The number of aliphatic hydroxyl groups is 1. The lowest BCUT2D eigenvalue weighted by Crippen LogP contribution is -2.36. The zero-order chi connectivity index (χ0) is 13.6. The van der Waals surface area contributed by atoms with Gasteiger partial charge in [0.1, 0.15) is 0 Å². The molecule has 1 saturated carbocycles. The molecule has 2 atom stereocenters. The molecule has 1 nitrogen and oxygen atoms in total. The van der Waals surface area contributed by atoms with E-state index in [1.54, 1.807) is 0 Å². The predicted molar refractivity (Wildman–Crippen MR) is 81.2 cm³/mol. The molecular weight excluding hydrogens is 232 g/mol. The first kappa shape index (κ1) is 14.6. The maximum atomic E-state index is 10.8. The number of aryl methyl sites for hydroxylation is 1. The van der Waals surface area contributed by atoms with Gasteiger partial charge in [-0.3, -0.25) is 0 Å². The van der Waals surface area contributed by atoms with Crippen LogP contribution in [-0.2, 0) is 6.42 Å². The summed E-state index contributed by atoms with van der Waals surface area (Å²) in [5.74, 6) is 0.517. The van der Waals surface area contributed by atoms with Crippen molar-refractivity contribution in [1.82, 2.24) is 0 Å². The van der Waals surface area contributed by atoms with Crippen molar-refractivity contribution in [2.24, 2.45) is 5.92 Å². The first-order valence-corrected chi connectivity index (χ1v) is 8.01. The highest BCUT2D eigenvalue weighted by molar-refractivity contribution is 5.14. The van der Waals surface area contributed by atoms with Gasteiger partial charge in [0, 0.05) is 0 Å². The Labute approximate surface area is 118 Å². The van der Waals surface area contributed by atoms with Crippen molar-refractivity contribution >= 4 is 0 Å². The minimum atomic E-state index is -0.382. The normalized spacial score (nSPS) is 28.0. The molecule has 1 aromatic carbocycles. The Bertz CT molecular complexity index is 359. The predicted octanol–water partition coefficient (Wildman–Crippen LogP) is 4.73. The van der Waals surface area contributed by atoms with Crippen molar-refractivity contribution < 1.29 is 5.11 Å². The molecule has 0 spiro atoms. The zero-order valence-corrected chi connectivity index (χ0v) is 12.3. The van der Waals surface area contributed by atoms with Gasteiger partial charge in [0.15, 0.2) is 0 Å². The summed E-state index contributed by atoms with van der Waals surface area (Å²) in [5.41, 5.74) is 1.05. The standard InChI is InChI=1S/C18H28O/c1-2-18(19)15-8-4-7-13-17(18)14-9-12-16-10-5-3-6-11-16/h3,5-6,10-11,17,19H,2,4,7-9,12-15H2,1H3/t17-,18-/m0/s1. The van der Waals surface area contributed by atoms with Crippen LogP contribution in [0.2, 0.25) is 0 Å². The molecule has 0 radical (unpaired) electrons. The minimum absolute atomic E-state index is 0.382. The molecule has 19 heavy (non-hydrogen) atoms. The highest BCUT2D eigenvalue weighted by Crippen LogP contribution is 2.37. The fourth-order valence-electron chi connectivity index (χ4n) is 3.55. The molecule has 1 N–H and O–H groups in total. The average molecular weight is 260 g/mol. The van der Waals surface area contributed by atoms with Crippen LogP contribution in [0.25, 0.3) is 0 Å². The van der Waals surface area contributed by atoms with Crippen molar-refractivity contribution in [3.05, 3.63) is 35.9 Å². The molecule has 1 aromatic rings. The van der Waals surface area contributed by atoms with Crippen LogP contribution < -0.4 is 0 Å². The van der Waals surface area contributed by atoms with Gasteiger partial charge in [0.25, 0.3) is 0 Å². The molecule has 106 valence electrons. The van der Waals surface area contributed by atoms with Crippen molar-refractivity contribution in [1.29, 1.82) is 0 Å². The van der Waals surface area contributed by atoms with Gasteiger partial charge in [-0.2, -0.15) is 0 Å². The SMILES string of the molecule is CC[C@]1(O)CCCCC[C@H]1CCCc1ccccc1. The maximum Gasteiger partial charge on any atom is 0.0673 e. The molecule has 0 amide bonds. The summed E-state index contributed by atoms with van der Waals surface area (Å²) in [6, 6.07) is 10.7. The summed E-state index contributed by atoms with van der Waals surface area (Å²) in [6.45, 7) is 2.15. The lowest BCUT2D eigenvalue weighted by atomic mass is 9.78. The molecule has 1 fully saturated rings. The van der Waals surface area contributed by atoms with E-state index >= 15 is 0 Å². The smallest absolute Gasteiger partial charge is 0.0673 e. The summed E-state index contributed by atoms with van der Waals surface area (Å²) in [7, 11) is 0. The van der Waals surface area contributed by atoms with Crippen LogP contribution in [0.15, 0.2) is 30.3 Å². The molecule has 0 saturated heterocycles. The molecule has 0 aromatic heterocycles. The van der Waals surface area contributed by atoms with Gasteiger partial charge >= 0.3 is 0 Å². The Balaban J connectivity index is 1.86. The van der Waals surface area contributed by atoms with Gasteiger partial charge in [0.05, 0.1) is 5.60 Å². The molecule has 1 aliphatic rings. The molecule has 0 aliphatic heterocycles. The second kappa shape index (κ2) is 7.09. The first-order valence-electron chi connectivity index (χ1n) is 8.01. The number of benzene rings is 1. The molecule has 1 heteroatoms. The minimum Gasteiger partial charge on any atom is -0.390 e. The van der Waals surface area contributed by atoms with Crippen LogP contribution in [0.3, 0.4) is 0 Å². The van der Waals surface area contributed by atoms with E-state index in [4.69, 9.17) is 0 Å². The molecule has 0 bridgehead atoms. The number of hydrogen-bond acceptors (Lipinski definition) is 1. The van der Waals surface area contributed by atoms with E-state index in [0.717, 1.165) is 19.3 Å². The number of hydrogen-bond donors (Lipinski definition) is 1. The van der Waals surface area contributed by atoms with Crippen LogP contribution in [-0.4, -0.2) is 10.7 Å². The van der Waals surface area contributed by atoms with E-state index < -0.39 is 0 Å². The van der Waals surface area contributed by atoms with Gasteiger partial charge in [-0.15, -0.1) is 0 Å². The highest BCUT2D eigenvalue weighted by atomic mass is 16.3. The van der Waals surface area contributed by atoms with Crippen LogP contribution >= 0.6 is 0 Å². The van der Waals surface area contributed by atoms with Crippen LogP contribution in [0.1, 0.15) is 63.9 Å². The molecule has 0 unspecified atom stereocenters. The monoisotopic (exact) mass is 260 g/mol. The summed E-state index contributed by atoms with van der Waals surface area (Å²) in [6.07, 6.45) is 10.5.